The molecule has 0 rings (SSSR count). The van der Waals surface area contributed by atoms with Gasteiger partial charge in [-0.2, -0.15) is 0 Å². The first kappa shape index (κ1) is 58.1. The van der Waals surface area contributed by atoms with E-state index in [2.05, 4.69) is 124 Å². The number of hydrogen-bond donors (Lipinski definition) is 0. The van der Waals surface area contributed by atoms with Crippen LogP contribution in [0.1, 0.15) is 207 Å². The SMILES string of the molecule is CC/C=C\C/C=C\C/C=C\C/C=C\C/C=C\CCCCCC(=O)OCC(COC(=O)CCCCCCC/C=C\C/C=C\CC)OC(=O)CC/C=C\C/C=C\CCCCCCCC. The highest BCUT2D eigenvalue weighted by atomic mass is 16.6. The highest BCUT2D eigenvalue weighted by Gasteiger charge is 2.19. The van der Waals surface area contributed by atoms with Gasteiger partial charge in [0.2, 0.25) is 0 Å². The van der Waals surface area contributed by atoms with Crippen molar-refractivity contribution in [1.29, 1.82) is 0 Å². The summed E-state index contributed by atoms with van der Waals surface area (Å²) < 4.78 is 16.7. The molecule has 0 bridgehead atoms. The molecule has 1 unspecified atom stereocenters. The second kappa shape index (κ2) is 49.7. The van der Waals surface area contributed by atoms with Crippen molar-refractivity contribution in [3.63, 3.8) is 0 Å². The monoisotopic (exact) mass is 859 g/mol. The standard InChI is InChI=1S/C56H90O6/c1-4-7-10-13-16-19-22-25-26-27-28-29-30-32-34-37-40-43-46-49-55(58)61-52-53(51-60-54(57)48-45-42-39-36-33-24-21-18-15-12-9-6-3)62-56(59)50-47-44-41-38-35-31-23-20-17-14-11-8-5-2/h7,9-10,12,16,18-19,21,25-26,28-29,31-32,34-35,41,44,53H,4-6,8,11,13-15,17,20,22-24,27,30,33,36-40,42-43,45-52H2,1-3H3/b10-7-,12-9-,19-16-,21-18-,26-25-,29-28-,34-32-,35-31-,44-41-. The Hall–Kier alpha value is -3.93. The average Bonchev–Trinajstić information content (AvgIpc) is 3.27. The van der Waals surface area contributed by atoms with Gasteiger partial charge in [-0.05, 0) is 109 Å². The number of allylic oxidation sites excluding steroid dienone is 18. The van der Waals surface area contributed by atoms with E-state index in [-0.39, 0.29) is 31.6 Å². The normalized spacial score (nSPS) is 13.0. The Labute approximate surface area is 380 Å². The highest BCUT2D eigenvalue weighted by Crippen LogP contribution is 2.11. The van der Waals surface area contributed by atoms with Crippen LogP contribution in [0.25, 0.3) is 0 Å². The van der Waals surface area contributed by atoms with E-state index in [0.717, 1.165) is 122 Å². The fourth-order valence-corrected chi connectivity index (χ4v) is 6.32. The zero-order valence-corrected chi connectivity index (χ0v) is 39.8. The second-order valence-electron chi connectivity index (χ2n) is 16.0. The molecule has 0 N–H and O–H groups in total. The molecule has 0 heterocycles. The van der Waals surface area contributed by atoms with Gasteiger partial charge in [0.05, 0.1) is 0 Å². The Bertz CT molecular complexity index is 1310. The molecule has 0 saturated heterocycles. The van der Waals surface area contributed by atoms with E-state index in [1.807, 2.05) is 6.08 Å². The number of carbonyl (C=O) groups excluding carboxylic acids is 3. The minimum atomic E-state index is -0.829. The van der Waals surface area contributed by atoms with Crippen molar-refractivity contribution in [3.05, 3.63) is 109 Å². The molecule has 0 aliphatic heterocycles. The van der Waals surface area contributed by atoms with Crippen molar-refractivity contribution in [3.8, 4) is 0 Å². The lowest BCUT2D eigenvalue weighted by Crippen LogP contribution is -2.30. The van der Waals surface area contributed by atoms with Gasteiger partial charge >= 0.3 is 17.9 Å². The van der Waals surface area contributed by atoms with Gasteiger partial charge in [0, 0.05) is 19.3 Å². The summed E-state index contributed by atoms with van der Waals surface area (Å²) in [5, 5.41) is 0. The quantitative estimate of drug-likeness (QED) is 0.0263. The largest absolute Gasteiger partial charge is 0.462 e. The topological polar surface area (TPSA) is 78.9 Å². The van der Waals surface area contributed by atoms with Crippen molar-refractivity contribution in [2.24, 2.45) is 0 Å². The van der Waals surface area contributed by atoms with Crippen molar-refractivity contribution in [1.82, 2.24) is 0 Å². The van der Waals surface area contributed by atoms with Crippen molar-refractivity contribution >= 4 is 17.9 Å². The molecule has 1 atom stereocenters. The van der Waals surface area contributed by atoms with Crippen LogP contribution >= 0.6 is 0 Å². The zero-order chi connectivity index (χ0) is 45.1. The average molecular weight is 859 g/mol. The Morgan fingerprint density at radius 2 is 0.661 bits per heavy atom. The first-order valence-corrected chi connectivity index (χ1v) is 24.9. The predicted molar refractivity (Wildman–Crippen MR) is 265 cm³/mol. The third-order valence-electron chi connectivity index (χ3n) is 10.0. The van der Waals surface area contributed by atoms with Crippen molar-refractivity contribution in [2.45, 2.75) is 213 Å². The Kier molecular flexibility index (Phi) is 46.6. The predicted octanol–water partition coefficient (Wildman–Crippen LogP) is 16.4. The molecule has 6 nitrogen and oxygen atoms in total. The molecule has 0 saturated carbocycles. The molecule has 0 aromatic rings. The van der Waals surface area contributed by atoms with E-state index in [4.69, 9.17) is 14.2 Å². The fraction of sp³-hybridized carbons (Fsp3) is 0.625. The Morgan fingerprint density at radius 1 is 0.339 bits per heavy atom. The van der Waals surface area contributed by atoms with Crippen LogP contribution in [0.5, 0.6) is 0 Å². The van der Waals surface area contributed by atoms with E-state index < -0.39 is 12.1 Å². The minimum absolute atomic E-state index is 0.121. The molecule has 0 fully saturated rings. The summed E-state index contributed by atoms with van der Waals surface area (Å²) in [4.78, 5) is 37.9. The molecule has 0 aliphatic rings. The second-order valence-corrected chi connectivity index (χ2v) is 16.0. The number of carbonyl (C=O) groups is 3. The fourth-order valence-electron chi connectivity index (χ4n) is 6.32. The minimum Gasteiger partial charge on any atom is -0.462 e. The summed E-state index contributed by atoms with van der Waals surface area (Å²) in [6.07, 6.45) is 66.6. The van der Waals surface area contributed by atoms with E-state index in [9.17, 15) is 14.4 Å². The molecule has 0 spiro atoms. The van der Waals surface area contributed by atoms with E-state index in [1.54, 1.807) is 0 Å². The maximum Gasteiger partial charge on any atom is 0.306 e. The Balaban J connectivity index is 4.52. The van der Waals surface area contributed by atoms with Gasteiger partial charge in [0.1, 0.15) is 13.2 Å². The number of ether oxygens (including phenoxy) is 3. The van der Waals surface area contributed by atoms with Crippen LogP contribution in [0.2, 0.25) is 0 Å². The van der Waals surface area contributed by atoms with Gasteiger partial charge in [-0.3, -0.25) is 14.4 Å². The van der Waals surface area contributed by atoms with Gasteiger partial charge in [-0.1, -0.05) is 188 Å². The molecular weight excluding hydrogens is 769 g/mol. The smallest absolute Gasteiger partial charge is 0.306 e. The van der Waals surface area contributed by atoms with Gasteiger partial charge in [-0.15, -0.1) is 0 Å². The molecule has 0 radical (unpaired) electrons. The lowest BCUT2D eigenvalue weighted by molar-refractivity contribution is -0.166. The summed E-state index contributed by atoms with van der Waals surface area (Å²) in [5.41, 5.74) is 0. The molecule has 0 aromatic heterocycles. The van der Waals surface area contributed by atoms with Gasteiger partial charge in [-0.25, -0.2) is 0 Å². The number of rotatable bonds is 43. The maximum atomic E-state index is 12.7. The first-order valence-electron chi connectivity index (χ1n) is 24.9. The third-order valence-corrected chi connectivity index (χ3v) is 10.0. The van der Waals surface area contributed by atoms with E-state index >= 15 is 0 Å². The molecule has 0 aromatic carbocycles. The third kappa shape index (κ3) is 47.1. The lowest BCUT2D eigenvalue weighted by Gasteiger charge is -2.18. The summed E-state index contributed by atoms with van der Waals surface area (Å²) in [5.74, 6) is -1.04. The molecular formula is C56H90O6. The molecule has 0 aliphatic carbocycles. The zero-order valence-electron chi connectivity index (χ0n) is 39.8. The van der Waals surface area contributed by atoms with Crippen molar-refractivity contribution in [2.75, 3.05) is 13.2 Å². The molecule has 350 valence electrons. The molecule has 62 heavy (non-hydrogen) atoms. The summed E-state index contributed by atoms with van der Waals surface area (Å²) in [6.45, 7) is 6.29. The first-order chi connectivity index (χ1) is 30.5. The summed E-state index contributed by atoms with van der Waals surface area (Å²) >= 11 is 0. The number of hydrogen-bond acceptors (Lipinski definition) is 6. The van der Waals surface area contributed by atoms with E-state index in [0.29, 0.717) is 19.3 Å². The van der Waals surface area contributed by atoms with Crippen LogP contribution in [0.15, 0.2) is 109 Å². The Morgan fingerprint density at radius 3 is 1.06 bits per heavy atom. The van der Waals surface area contributed by atoms with Crippen LogP contribution in [-0.4, -0.2) is 37.2 Å². The molecule has 0 amide bonds. The summed E-state index contributed by atoms with van der Waals surface area (Å²) in [6, 6.07) is 0. The van der Waals surface area contributed by atoms with Gasteiger partial charge < -0.3 is 14.2 Å². The summed E-state index contributed by atoms with van der Waals surface area (Å²) in [7, 11) is 0. The van der Waals surface area contributed by atoms with Crippen LogP contribution in [0.3, 0.4) is 0 Å². The lowest BCUT2D eigenvalue weighted by atomic mass is 10.1. The highest BCUT2D eigenvalue weighted by molar-refractivity contribution is 5.71. The van der Waals surface area contributed by atoms with Crippen LogP contribution in [0.4, 0.5) is 0 Å². The van der Waals surface area contributed by atoms with Crippen LogP contribution in [0, 0.1) is 0 Å². The van der Waals surface area contributed by atoms with Crippen LogP contribution < -0.4 is 0 Å². The van der Waals surface area contributed by atoms with E-state index in [1.165, 1.54) is 38.5 Å². The van der Waals surface area contributed by atoms with Gasteiger partial charge in [0.25, 0.3) is 0 Å². The number of unbranched alkanes of at least 4 members (excludes halogenated alkanes) is 14. The maximum absolute atomic E-state index is 12.7. The number of esters is 3. The van der Waals surface area contributed by atoms with Crippen LogP contribution in [-0.2, 0) is 28.6 Å². The van der Waals surface area contributed by atoms with Crippen molar-refractivity contribution < 1.29 is 28.6 Å². The molecule has 6 heteroatoms. The van der Waals surface area contributed by atoms with Gasteiger partial charge in [0.15, 0.2) is 6.10 Å².